The fourth-order valence-electron chi connectivity index (χ4n) is 5.87. The van der Waals surface area contributed by atoms with Crippen LogP contribution in [0.1, 0.15) is 51.0 Å². The van der Waals surface area contributed by atoms with Gasteiger partial charge in [-0.2, -0.15) is 0 Å². The zero-order chi connectivity index (χ0) is 26.4. The molecule has 1 aromatic heterocycles. The van der Waals surface area contributed by atoms with Crippen molar-refractivity contribution >= 4 is 5.91 Å². The van der Waals surface area contributed by atoms with Crippen molar-refractivity contribution in [2.75, 3.05) is 53.5 Å². The van der Waals surface area contributed by atoms with Crippen LogP contribution in [0.25, 0.3) is 11.5 Å². The highest BCUT2D eigenvalue weighted by Gasteiger charge is 2.26. The van der Waals surface area contributed by atoms with E-state index in [1.807, 2.05) is 25.1 Å². The quantitative estimate of drug-likeness (QED) is 0.474. The number of oxazole rings is 1. The number of piperidine rings is 2. The predicted octanol–water partition coefficient (Wildman–Crippen LogP) is 4.36. The molecule has 1 N–H and O–H groups in total. The van der Waals surface area contributed by atoms with Crippen LogP contribution in [-0.2, 0) is 11.3 Å². The van der Waals surface area contributed by atoms with E-state index >= 15 is 0 Å². The summed E-state index contributed by atoms with van der Waals surface area (Å²) in [4.78, 5) is 22.4. The smallest absolute Gasteiger partial charge is 0.226 e. The molecule has 8 heteroatoms. The van der Waals surface area contributed by atoms with Gasteiger partial charge < -0.3 is 24.1 Å². The summed E-state index contributed by atoms with van der Waals surface area (Å²) in [6, 6.07) is 5.66. The van der Waals surface area contributed by atoms with Crippen molar-refractivity contribution in [3.63, 3.8) is 0 Å². The van der Waals surface area contributed by atoms with Gasteiger partial charge in [-0.05, 0) is 82.3 Å². The maximum absolute atomic E-state index is 12.7. The number of hydrogen-bond acceptors (Lipinski definition) is 7. The number of rotatable bonds is 10. The number of aromatic nitrogens is 1. The fourth-order valence-corrected chi connectivity index (χ4v) is 5.87. The van der Waals surface area contributed by atoms with Crippen molar-refractivity contribution in [1.82, 2.24) is 20.1 Å². The minimum absolute atomic E-state index is 0.104. The molecule has 1 aromatic carbocycles. The van der Waals surface area contributed by atoms with Gasteiger partial charge in [-0.25, -0.2) is 4.98 Å². The van der Waals surface area contributed by atoms with Gasteiger partial charge in [-0.3, -0.25) is 9.69 Å². The number of likely N-dealkylation sites (tertiary alicyclic amines) is 2. The minimum Gasteiger partial charge on any atom is -0.493 e. The summed E-state index contributed by atoms with van der Waals surface area (Å²) in [7, 11) is 3.24. The highest BCUT2D eigenvalue weighted by Crippen LogP contribution is 2.33. The molecule has 204 valence electrons. The molecule has 37 heavy (non-hydrogen) atoms. The Bertz CT molecular complexity index is 1020. The number of ether oxygens (including phenoxy) is 2. The molecule has 0 spiro atoms. The van der Waals surface area contributed by atoms with Gasteiger partial charge in [0.25, 0.3) is 0 Å². The first-order chi connectivity index (χ1) is 17.9. The number of carbonyl (C=O) groups is 1. The van der Waals surface area contributed by atoms with Crippen molar-refractivity contribution in [2.24, 2.45) is 17.8 Å². The standard InChI is InChI=1S/C29H44N4O4/c1-20-15-21(2)18-33(17-20)12-6-11-30-28(34)23-9-13-32(14-10-23)19-25-22(3)37-29(31-25)24-7-8-26(35-4)27(16-24)36-5/h7-8,16,20-21,23H,6,9-15,17-19H2,1-5H3,(H,30,34)/t20-,21+. The molecule has 0 saturated carbocycles. The van der Waals surface area contributed by atoms with Crippen molar-refractivity contribution in [3.8, 4) is 23.0 Å². The third kappa shape index (κ3) is 7.26. The Morgan fingerprint density at radius 2 is 1.78 bits per heavy atom. The second-order valence-electron chi connectivity index (χ2n) is 11.0. The van der Waals surface area contributed by atoms with E-state index in [1.165, 1.54) is 19.5 Å². The van der Waals surface area contributed by atoms with Crippen LogP contribution in [-0.4, -0.2) is 74.2 Å². The molecule has 0 unspecified atom stereocenters. The number of benzene rings is 1. The van der Waals surface area contributed by atoms with Crippen LogP contribution in [0.4, 0.5) is 0 Å². The van der Waals surface area contributed by atoms with E-state index in [4.69, 9.17) is 18.9 Å². The lowest BCUT2D eigenvalue weighted by molar-refractivity contribution is -0.126. The van der Waals surface area contributed by atoms with E-state index in [1.54, 1.807) is 14.2 Å². The van der Waals surface area contributed by atoms with Crippen LogP contribution in [0.5, 0.6) is 11.5 Å². The van der Waals surface area contributed by atoms with E-state index in [9.17, 15) is 4.79 Å². The van der Waals surface area contributed by atoms with Crippen LogP contribution >= 0.6 is 0 Å². The molecule has 2 saturated heterocycles. The maximum Gasteiger partial charge on any atom is 0.226 e. The summed E-state index contributed by atoms with van der Waals surface area (Å²) in [5, 5.41) is 3.20. The van der Waals surface area contributed by atoms with E-state index in [-0.39, 0.29) is 11.8 Å². The number of nitrogens with zero attached hydrogens (tertiary/aromatic N) is 3. The average Bonchev–Trinajstić information content (AvgIpc) is 3.25. The second kappa shape index (κ2) is 12.8. The molecule has 0 radical (unpaired) electrons. The Hall–Kier alpha value is -2.58. The second-order valence-corrected chi connectivity index (χ2v) is 11.0. The first-order valence-electron chi connectivity index (χ1n) is 13.8. The minimum atomic E-state index is 0.104. The summed E-state index contributed by atoms with van der Waals surface area (Å²) in [6.07, 6.45) is 4.12. The maximum atomic E-state index is 12.7. The molecular weight excluding hydrogens is 468 g/mol. The van der Waals surface area contributed by atoms with Gasteiger partial charge in [-0.1, -0.05) is 13.8 Å². The summed E-state index contributed by atoms with van der Waals surface area (Å²) in [6.45, 7) is 13.4. The van der Waals surface area contributed by atoms with Crippen LogP contribution in [0.15, 0.2) is 22.6 Å². The van der Waals surface area contributed by atoms with Gasteiger partial charge in [-0.15, -0.1) is 0 Å². The molecule has 1 amide bonds. The summed E-state index contributed by atoms with van der Waals surface area (Å²) < 4.78 is 16.7. The Morgan fingerprint density at radius 3 is 2.46 bits per heavy atom. The van der Waals surface area contributed by atoms with Crippen molar-refractivity contribution in [2.45, 2.75) is 53.0 Å². The molecule has 2 atom stereocenters. The van der Waals surface area contributed by atoms with E-state index in [0.717, 1.165) is 80.8 Å². The lowest BCUT2D eigenvalue weighted by Gasteiger charge is -2.35. The molecule has 0 aliphatic carbocycles. The summed E-state index contributed by atoms with van der Waals surface area (Å²) in [5.74, 6) is 4.60. The number of carbonyl (C=O) groups excluding carboxylic acids is 1. The third-order valence-electron chi connectivity index (χ3n) is 7.75. The number of amides is 1. The van der Waals surface area contributed by atoms with Gasteiger partial charge in [0.1, 0.15) is 5.76 Å². The molecule has 2 fully saturated rings. The van der Waals surface area contributed by atoms with Gasteiger partial charge >= 0.3 is 0 Å². The molecule has 0 bridgehead atoms. The molecule has 8 nitrogen and oxygen atoms in total. The third-order valence-corrected chi connectivity index (χ3v) is 7.75. The highest BCUT2D eigenvalue weighted by atomic mass is 16.5. The average molecular weight is 513 g/mol. The fraction of sp³-hybridized carbons (Fsp3) is 0.655. The number of hydrogen-bond donors (Lipinski definition) is 1. The molecule has 2 aliphatic heterocycles. The molecule has 3 heterocycles. The normalized spacial score (nSPS) is 21.6. The zero-order valence-corrected chi connectivity index (χ0v) is 23.2. The van der Waals surface area contributed by atoms with Gasteiger partial charge in [0.05, 0.1) is 19.9 Å². The van der Waals surface area contributed by atoms with E-state index in [0.29, 0.717) is 17.4 Å². The van der Waals surface area contributed by atoms with Crippen LogP contribution in [0, 0.1) is 24.7 Å². The lowest BCUT2D eigenvalue weighted by atomic mass is 9.92. The van der Waals surface area contributed by atoms with Gasteiger partial charge in [0.2, 0.25) is 11.8 Å². The van der Waals surface area contributed by atoms with Crippen molar-refractivity contribution < 1.29 is 18.7 Å². The predicted molar refractivity (Wildman–Crippen MR) is 145 cm³/mol. The zero-order valence-electron chi connectivity index (χ0n) is 23.2. The van der Waals surface area contributed by atoms with Crippen LogP contribution in [0.2, 0.25) is 0 Å². The first kappa shape index (κ1) is 27.5. The van der Waals surface area contributed by atoms with E-state index < -0.39 is 0 Å². The number of nitrogens with one attached hydrogen (secondary N) is 1. The summed E-state index contributed by atoms with van der Waals surface area (Å²) >= 11 is 0. The molecular formula is C29H44N4O4. The Morgan fingerprint density at radius 1 is 1.08 bits per heavy atom. The van der Waals surface area contributed by atoms with Crippen LogP contribution in [0.3, 0.4) is 0 Å². The monoisotopic (exact) mass is 512 g/mol. The highest BCUT2D eigenvalue weighted by molar-refractivity contribution is 5.78. The number of aryl methyl sites for hydroxylation is 1. The van der Waals surface area contributed by atoms with Crippen LogP contribution < -0.4 is 14.8 Å². The summed E-state index contributed by atoms with van der Waals surface area (Å²) in [5.41, 5.74) is 1.79. The number of methoxy groups -OCH3 is 2. The van der Waals surface area contributed by atoms with Gasteiger partial charge in [0, 0.05) is 37.7 Å². The Labute approximate surface area is 221 Å². The van der Waals surface area contributed by atoms with Crippen molar-refractivity contribution in [3.05, 3.63) is 29.7 Å². The SMILES string of the molecule is COc1ccc(-c2nc(CN3CCC(C(=O)NCCCN4C[C@H](C)C[C@H](C)C4)CC3)c(C)o2)cc1OC. The largest absolute Gasteiger partial charge is 0.493 e. The van der Waals surface area contributed by atoms with E-state index in [2.05, 4.69) is 29.0 Å². The molecule has 2 aromatic rings. The topological polar surface area (TPSA) is 80.1 Å². The van der Waals surface area contributed by atoms with Crippen molar-refractivity contribution in [1.29, 1.82) is 0 Å². The Kier molecular flexibility index (Phi) is 9.49. The molecule has 4 rings (SSSR count). The lowest BCUT2D eigenvalue weighted by Crippen LogP contribution is -2.42. The first-order valence-corrected chi connectivity index (χ1v) is 13.8. The Balaban J connectivity index is 1.21. The van der Waals surface area contributed by atoms with Gasteiger partial charge in [0.15, 0.2) is 11.5 Å². The molecule has 2 aliphatic rings.